The Morgan fingerprint density at radius 1 is 0.447 bits per heavy atom. The molecule has 0 spiro atoms. The molecule has 0 fully saturated rings. The van der Waals surface area contributed by atoms with E-state index < -0.39 is 0 Å². The van der Waals surface area contributed by atoms with E-state index in [1.165, 1.54) is 10.8 Å². The lowest BCUT2D eigenvalue weighted by molar-refractivity contribution is 0.673. The third kappa shape index (κ3) is 3.51. The first-order valence-electron chi connectivity index (χ1n) is 15.7. The number of aromatic nitrogens is 2. The zero-order chi connectivity index (χ0) is 31.1. The highest BCUT2D eigenvalue weighted by molar-refractivity contribution is 6.24. The molecule has 10 rings (SSSR count). The first-order chi connectivity index (χ1) is 23.3. The number of fused-ring (bicyclic) bond motifs is 10. The van der Waals surface area contributed by atoms with Crippen molar-refractivity contribution in [1.82, 2.24) is 9.13 Å². The molecule has 0 N–H and O–H groups in total. The average Bonchev–Trinajstić information content (AvgIpc) is 3.79. The zero-order valence-electron chi connectivity index (χ0n) is 25.2. The summed E-state index contributed by atoms with van der Waals surface area (Å²) in [5.41, 5.74) is 10.7. The minimum atomic E-state index is 0.606. The van der Waals surface area contributed by atoms with Crippen LogP contribution in [0.2, 0.25) is 0 Å². The summed E-state index contributed by atoms with van der Waals surface area (Å²) in [6.07, 6.45) is 0. The van der Waals surface area contributed by atoms with Crippen molar-refractivity contribution in [2.45, 2.75) is 0 Å². The highest BCUT2D eigenvalue weighted by Gasteiger charge is 2.23. The van der Waals surface area contributed by atoms with Gasteiger partial charge in [-0.15, -0.1) is 0 Å². The molecule has 0 saturated carbocycles. The second-order valence-electron chi connectivity index (χ2n) is 12.0. The van der Waals surface area contributed by atoms with Gasteiger partial charge in [0, 0.05) is 32.5 Å². The first-order valence-corrected chi connectivity index (χ1v) is 15.7. The Labute approximate surface area is 269 Å². The number of furan rings is 1. The van der Waals surface area contributed by atoms with Crippen molar-refractivity contribution in [1.29, 1.82) is 0 Å². The van der Waals surface area contributed by atoms with E-state index in [9.17, 15) is 0 Å². The number of hydrogen-bond donors (Lipinski definition) is 0. The van der Waals surface area contributed by atoms with Crippen molar-refractivity contribution in [2.24, 2.45) is 0 Å². The molecule has 0 amide bonds. The Kier molecular flexibility index (Phi) is 5.32. The molecule has 0 bridgehead atoms. The van der Waals surface area contributed by atoms with E-state index in [0.29, 0.717) is 5.69 Å². The highest BCUT2D eigenvalue weighted by atomic mass is 16.3. The lowest BCUT2D eigenvalue weighted by Crippen LogP contribution is -2.01. The Balaban J connectivity index is 1.32. The van der Waals surface area contributed by atoms with E-state index in [-0.39, 0.29) is 0 Å². The molecule has 218 valence electrons. The van der Waals surface area contributed by atoms with Crippen LogP contribution in [0, 0.1) is 6.57 Å². The number of rotatable bonds is 3. The molecule has 0 aliphatic carbocycles. The second-order valence-corrected chi connectivity index (χ2v) is 12.0. The molecular formula is C43H25N3O. The Morgan fingerprint density at radius 2 is 1.04 bits per heavy atom. The fourth-order valence-electron chi connectivity index (χ4n) is 7.63. The van der Waals surface area contributed by atoms with Crippen LogP contribution in [-0.4, -0.2) is 9.13 Å². The van der Waals surface area contributed by atoms with Crippen LogP contribution < -0.4 is 0 Å². The highest BCUT2D eigenvalue weighted by Crippen LogP contribution is 2.45. The van der Waals surface area contributed by atoms with Crippen LogP contribution in [0.5, 0.6) is 0 Å². The molecule has 4 nitrogen and oxygen atoms in total. The zero-order valence-corrected chi connectivity index (χ0v) is 25.2. The van der Waals surface area contributed by atoms with Gasteiger partial charge in [0.25, 0.3) is 0 Å². The molecule has 3 aromatic heterocycles. The summed E-state index contributed by atoms with van der Waals surface area (Å²) in [5.74, 6) is 0. The van der Waals surface area contributed by atoms with E-state index in [0.717, 1.165) is 77.3 Å². The van der Waals surface area contributed by atoms with Crippen LogP contribution in [0.4, 0.5) is 5.69 Å². The van der Waals surface area contributed by atoms with E-state index >= 15 is 0 Å². The summed E-state index contributed by atoms with van der Waals surface area (Å²) in [5, 5.41) is 6.80. The minimum absolute atomic E-state index is 0.606. The molecule has 7 aromatic carbocycles. The predicted octanol–water partition coefficient (Wildman–Crippen LogP) is 12.0. The molecule has 0 aliphatic rings. The largest absolute Gasteiger partial charge is 0.455 e. The third-order valence-electron chi connectivity index (χ3n) is 9.55. The summed E-state index contributed by atoms with van der Waals surface area (Å²) in [6.45, 7) is 8.29. The molecule has 47 heavy (non-hydrogen) atoms. The van der Waals surface area contributed by atoms with Crippen molar-refractivity contribution in [3.8, 4) is 22.5 Å². The van der Waals surface area contributed by atoms with Crippen molar-refractivity contribution in [3.05, 3.63) is 163 Å². The summed E-state index contributed by atoms with van der Waals surface area (Å²) in [4.78, 5) is 4.08. The number of hydrogen-bond acceptors (Lipinski definition) is 1. The molecule has 3 heterocycles. The standard InChI is InChI=1S/C43H25N3O/c1-44-34-19-12-18-31(42(34)46-36-21-8-2-13-27(36)28-14-3-9-22-37(28)46)29-15-4-7-20-35(29)45-38-23-10-5-17-33(38)41-39(45)26-25-32-30-16-6-11-24-40(30)47-43(32)41/h2-26H. The molecule has 0 saturated heterocycles. The minimum Gasteiger partial charge on any atom is -0.455 e. The van der Waals surface area contributed by atoms with E-state index in [1.807, 2.05) is 24.3 Å². The monoisotopic (exact) mass is 599 g/mol. The van der Waals surface area contributed by atoms with Gasteiger partial charge in [-0.1, -0.05) is 109 Å². The fraction of sp³-hybridized carbons (Fsp3) is 0. The van der Waals surface area contributed by atoms with Crippen molar-refractivity contribution in [3.63, 3.8) is 0 Å². The van der Waals surface area contributed by atoms with Gasteiger partial charge < -0.3 is 13.6 Å². The molecule has 0 radical (unpaired) electrons. The van der Waals surface area contributed by atoms with Crippen LogP contribution in [-0.2, 0) is 0 Å². The van der Waals surface area contributed by atoms with Gasteiger partial charge in [-0.2, -0.15) is 0 Å². The summed E-state index contributed by atoms with van der Waals surface area (Å²) < 4.78 is 11.2. The van der Waals surface area contributed by atoms with Gasteiger partial charge in [-0.25, -0.2) is 4.85 Å². The lowest BCUT2D eigenvalue weighted by atomic mass is 9.99. The maximum Gasteiger partial charge on any atom is 0.211 e. The van der Waals surface area contributed by atoms with Crippen molar-refractivity contribution >= 4 is 71.2 Å². The molecule has 10 aromatic rings. The fourth-order valence-corrected chi connectivity index (χ4v) is 7.63. The topological polar surface area (TPSA) is 27.4 Å². The smallest absolute Gasteiger partial charge is 0.211 e. The van der Waals surface area contributed by atoms with Crippen LogP contribution >= 0.6 is 0 Å². The van der Waals surface area contributed by atoms with E-state index in [2.05, 4.69) is 141 Å². The lowest BCUT2D eigenvalue weighted by Gasteiger charge is -2.19. The second kappa shape index (κ2) is 9.71. The van der Waals surface area contributed by atoms with Crippen LogP contribution in [0.1, 0.15) is 0 Å². The van der Waals surface area contributed by atoms with Gasteiger partial charge in [0.05, 0.1) is 45.4 Å². The first kappa shape index (κ1) is 25.7. The van der Waals surface area contributed by atoms with E-state index in [1.54, 1.807) is 0 Å². The normalized spacial score (nSPS) is 11.8. The van der Waals surface area contributed by atoms with Gasteiger partial charge in [-0.3, -0.25) is 0 Å². The molecule has 0 atom stereocenters. The van der Waals surface area contributed by atoms with Gasteiger partial charge in [-0.05, 0) is 48.0 Å². The Hall–Kier alpha value is -6.57. The predicted molar refractivity (Wildman–Crippen MR) is 194 cm³/mol. The van der Waals surface area contributed by atoms with Gasteiger partial charge in [0.1, 0.15) is 11.2 Å². The van der Waals surface area contributed by atoms with Crippen molar-refractivity contribution in [2.75, 3.05) is 0 Å². The Bertz CT molecular complexity index is 2880. The molecule has 0 aliphatic heterocycles. The summed E-state index contributed by atoms with van der Waals surface area (Å²) in [6, 6.07) is 52.8. The maximum atomic E-state index is 8.29. The van der Waals surface area contributed by atoms with Gasteiger partial charge in [0.2, 0.25) is 5.69 Å². The van der Waals surface area contributed by atoms with Crippen LogP contribution in [0.15, 0.2) is 156 Å². The van der Waals surface area contributed by atoms with Gasteiger partial charge >= 0.3 is 0 Å². The average molecular weight is 600 g/mol. The number of nitrogens with zero attached hydrogens (tertiary/aromatic N) is 3. The summed E-state index contributed by atoms with van der Waals surface area (Å²) in [7, 11) is 0. The third-order valence-corrected chi connectivity index (χ3v) is 9.55. The van der Waals surface area contributed by atoms with E-state index in [4.69, 9.17) is 11.0 Å². The quantitative estimate of drug-likeness (QED) is 0.186. The summed E-state index contributed by atoms with van der Waals surface area (Å²) >= 11 is 0. The van der Waals surface area contributed by atoms with Crippen LogP contribution in [0.25, 0.3) is 92.9 Å². The molecule has 4 heteroatoms. The maximum absolute atomic E-state index is 8.29. The SMILES string of the molecule is [C-]#[N+]c1cccc(-c2ccccc2-n2c3ccccc3c3c4oc5ccccc5c4ccc32)c1-n1c2ccccc2c2ccccc21. The molecular weight excluding hydrogens is 574 g/mol. The van der Waals surface area contributed by atoms with Gasteiger partial charge in [0.15, 0.2) is 0 Å². The Morgan fingerprint density at radius 3 is 1.79 bits per heavy atom. The van der Waals surface area contributed by atoms with Crippen molar-refractivity contribution < 1.29 is 4.42 Å². The molecule has 0 unspecified atom stereocenters. The number of para-hydroxylation sites is 6. The number of benzene rings is 7. The van der Waals surface area contributed by atoms with Crippen LogP contribution in [0.3, 0.4) is 0 Å².